The third-order valence-corrected chi connectivity index (χ3v) is 2.64. The van der Waals surface area contributed by atoms with Crippen LogP contribution >= 0.6 is 11.3 Å². The molecule has 1 fully saturated rings. The van der Waals surface area contributed by atoms with Gasteiger partial charge in [0, 0.05) is 17.0 Å². The van der Waals surface area contributed by atoms with Gasteiger partial charge in [-0.3, -0.25) is 0 Å². The minimum Gasteiger partial charge on any atom is -0.249 e. The van der Waals surface area contributed by atoms with Crippen LogP contribution in [-0.4, -0.2) is 4.98 Å². The van der Waals surface area contributed by atoms with Crippen molar-refractivity contribution in [1.82, 2.24) is 4.98 Å². The summed E-state index contributed by atoms with van der Waals surface area (Å²) in [6.45, 7) is 2.11. The van der Waals surface area contributed by atoms with E-state index >= 15 is 0 Å². The Kier molecular flexibility index (Phi) is 1.09. The molecule has 48 valence electrons. The monoisotopic (exact) mass is 139 g/mol. The molecule has 2 rings (SSSR count). The lowest BCUT2D eigenvalue weighted by Crippen LogP contribution is -1.70. The highest BCUT2D eigenvalue weighted by Gasteiger charge is 2.25. The van der Waals surface area contributed by atoms with Gasteiger partial charge in [-0.1, -0.05) is 0 Å². The van der Waals surface area contributed by atoms with Crippen LogP contribution in [0.25, 0.3) is 0 Å². The van der Waals surface area contributed by atoms with Gasteiger partial charge in [0.25, 0.3) is 0 Å². The van der Waals surface area contributed by atoms with E-state index in [2.05, 4.69) is 11.9 Å². The van der Waals surface area contributed by atoms with Crippen molar-refractivity contribution in [1.29, 1.82) is 0 Å². The lowest BCUT2D eigenvalue weighted by atomic mass is 10.5. The minimum atomic E-state index is 0.837. The first-order chi connectivity index (χ1) is 4.36. The molecule has 1 saturated carbocycles. The predicted octanol–water partition coefficient (Wildman–Crippen LogP) is 2.33. The first-order valence-corrected chi connectivity index (χ1v) is 4.10. The van der Waals surface area contributed by atoms with Crippen molar-refractivity contribution < 1.29 is 0 Å². The van der Waals surface area contributed by atoms with Gasteiger partial charge in [-0.05, 0) is 19.8 Å². The van der Waals surface area contributed by atoms with Gasteiger partial charge in [-0.25, -0.2) is 4.98 Å². The molecule has 1 aromatic heterocycles. The topological polar surface area (TPSA) is 12.9 Å². The zero-order valence-corrected chi connectivity index (χ0v) is 6.24. The van der Waals surface area contributed by atoms with E-state index in [1.165, 1.54) is 22.7 Å². The molecule has 0 radical (unpaired) electrons. The average Bonchev–Trinajstić information content (AvgIpc) is 2.58. The minimum absolute atomic E-state index is 0.837. The maximum Gasteiger partial charge on any atom is 0.0958 e. The Balaban J connectivity index is 2.28. The summed E-state index contributed by atoms with van der Waals surface area (Å²) < 4.78 is 0. The fourth-order valence-corrected chi connectivity index (χ4v) is 1.83. The van der Waals surface area contributed by atoms with Gasteiger partial charge in [-0.2, -0.15) is 0 Å². The number of aromatic nitrogens is 1. The maximum absolute atomic E-state index is 4.30. The molecule has 2 heteroatoms. The van der Waals surface area contributed by atoms with E-state index in [1.54, 1.807) is 0 Å². The lowest BCUT2D eigenvalue weighted by molar-refractivity contribution is 1.08. The Morgan fingerprint density at radius 3 is 2.89 bits per heavy atom. The van der Waals surface area contributed by atoms with E-state index in [4.69, 9.17) is 0 Å². The van der Waals surface area contributed by atoms with Crippen LogP contribution in [0.15, 0.2) is 6.20 Å². The van der Waals surface area contributed by atoms with Crippen molar-refractivity contribution in [3.8, 4) is 0 Å². The second-order valence-corrected chi connectivity index (χ2v) is 3.85. The molecule has 0 spiro atoms. The summed E-state index contributed by atoms with van der Waals surface area (Å²) in [5.41, 5.74) is 0. The van der Waals surface area contributed by atoms with E-state index in [0.717, 1.165) is 5.92 Å². The van der Waals surface area contributed by atoms with Crippen LogP contribution in [0, 0.1) is 6.92 Å². The molecular weight excluding hydrogens is 130 g/mol. The number of nitrogens with zero attached hydrogens (tertiary/aromatic N) is 1. The molecule has 0 N–H and O–H groups in total. The van der Waals surface area contributed by atoms with Crippen LogP contribution in [0.3, 0.4) is 0 Å². The summed E-state index contributed by atoms with van der Waals surface area (Å²) in [6.07, 6.45) is 4.71. The van der Waals surface area contributed by atoms with Gasteiger partial charge in [0.1, 0.15) is 0 Å². The number of aryl methyl sites for hydroxylation is 1. The van der Waals surface area contributed by atoms with Gasteiger partial charge in [0.15, 0.2) is 0 Å². The van der Waals surface area contributed by atoms with Crippen molar-refractivity contribution in [2.75, 3.05) is 0 Å². The largest absolute Gasteiger partial charge is 0.249 e. The molecule has 0 amide bonds. The van der Waals surface area contributed by atoms with Crippen LogP contribution in [0.4, 0.5) is 0 Å². The van der Waals surface area contributed by atoms with Crippen LogP contribution in [-0.2, 0) is 0 Å². The number of thiazole rings is 1. The van der Waals surface area contributed by atoms with Crippen molar-refractivity contribution in [3.63, 3.8) is 0 Å². The molecule has 1 aliphatic carbocycles. The fraction of sp³-hybridized carbons (Fsp3) is 0.571. The van der Waals surface area contributed by atoms with Crippen molar-refractivity contribution in [3.05, 3.63) is 16.1 Å². The summed E-state index contributed by atoms with van der Waals surface area (Å²) in [6, 6.07) is 0. The van der Waals surface area contributed by atoms with Crippen molar-refractivity contribution in [2.45, 2.75) is 25.7 Å². The molecule has 1 aliphatic rings. The Hall–Kier alpha value is -0.370. The number of hydrogen-bond acceptors (Lipinski definition) is 2. The molecule has 0 aliphatic heterocycles. The summed E-state index contributed by atoms with van der Waals surface area (Å²) in [5, 5.41) is 1.35. The third-order valence-electron chi connectivity index (χ3n) is 1.57. The van der Waals surface area contributed by atoms with Gasteiger partial charge >= 0.3 is 0 Å². The van der Waals surface area contributed by atoms with Gasteiger partial charge in [0.05, 0.1) is 5.01 Å². The van der Waals surface area contributed by atoms with Crippen LogP contribution < -0.4 is 0 Å². The highest BCUT2D eigenvalue weighted by molar-refractivity contribution is 7.11. The summed E-state index contributed by atoms with van der Waals surface area (Å²) >= 11 is 1.85. The normalized spacial score (nSPS) is 18.3. The molecular formula is C7H9NS. The molecule has 0 atom stereocenters. The van der Waals surface area contributed by atoms with Crippen LogP contribution in [0.1, 0.15) is 28.6 Å². The lowest BCUT2D eigenvalue weighted by Gasteiger charge is -1.81. The van der Waals surface area contributed by atoms with Gasteiger partial charge < -0.3 is 0 Å². The smallest absolute Gasteiger partial charge is 0.0958 e. The molecule has 0 unspecified atom stereocenters. The standard InChI is InChI=1S/C7H9NS/c1-5-4-8-7(9-5)6-2-3-6/h4,6H,2-3H2,1H3. The first-order valence-electron chi connectivity index (χ1n) is 3.28. The molecule has 1 heterocycles. The zero-order chi connectivity index (χ0) is 6.27. The Morgan fingerprint density at radius 1 is 1.67 bits per heavy atom. The molecule has 1 nitrogen and oxygen atoms in total. The van der Waals surface area contributed by atoms with Gasteiger partial charge in [-0.15, -0.1) is 11.3 Å². The Labute approximate surface area is 58.7 Å². The Bertz CT molecular complexity index is 212. The summed E-state index contributed by atoms with van der Waals surface area (Å²) in [5.74, 6) is 0.837. The molecule has 9 heavy (non-hydrogen) atoms. The third kappa shape index (κ3) is 0.990. The highest BCUT2D eigenvalue weighted by Crippen LogP contribution is 2.41. The number of hydrogen-bond donors (Lipinski definition) is 0. The van der Waals surface area contributed by atoms with E-state index < -0.39 is 0 Å². The molecule has 1 aromatic rings. The van der Waals surface area contributed by atoms with Crippen molar-refractivity contribution >= 4 is 11.3 Å². The summed E-state index contributed by atoms with van der Waals surface area (Å²) in [4.78, 5) is 5.64. The highest BCUT2D eigenvalue weighted by atomic mass is 32.1. The van der Waals surface area contributed by atoms with Crippen molar-refractivity contribution in [2.24, 2.45) is 0 Å². The summed E-state index contributed by atoms with van der Waals surface area (Å²) in [7, 11) is 0. The second kappa shape index (κ2) is 1.81. The van der Waals surface area contributed by atoms with E-state index in [9.17, 15) is 0 Å². The number of rotatable bonds is 1. The van der Waals surface area contributed by atoms with E-state index in [0.29, 0.717) is 0 Å². The zero-order valence-electron chi connectivity index (χ0n) is 5.42. The Morgan fingerprint density at radius 2 is 2.44 bits per heavy atom. The SMILES string of the molecule is Cc1cnc(C2CC2)s1. The van der Waals surface area contributed by atoms with E-state index in [1.807, 2.05) is 17.5 Å². The van der Waals surface area contributed by atoms with Gasteiger partial charge in [0.2, 0.25) is 0 Å². The molecule has 0 bridgehead atoms. The van der Waals surface area contributed by atoms with E-state index in [-0.39, 0.29) is 0 Å². The van der Waals surface area contributed by atoms with Crippen LogP contribution in [0.5, 0.6) is 0 Å². The van der Waals surface area contributed by atoms with Crippen LogP contribution in [0.2, 0.25) is 0 Å². The predicted molar refractivity (Wildman–Crippen MR) is 38.8 cm³/mol. The quantitative estimate of drug-likeness (QED) is 0.582. The molecule has 0 aromatic carbocycles. The fourth-order valence-electron chi connectivity index (χ4n) is 0.891. The maximum atomic E-state index is 4.30. The second-order valence-electron chi connectivity index (χ2n) is 2.58. The average molecular weight is 139 g/mol. The molecule has 0 saturated heterocycles. The first kappa shape index (κ1) is 5.42.